The van der Waals surface area contributed by atoms with E-state index in [1.54, 1.807) is 51.1 Å². The lowest BCUT2D eigenvalue weighted by Crippen LogP contribution is -2.81. The normalized spacial score (nSPS) is 35.8. The third kappa shape index (κ3) is 4.81. The van der Waals surface area contributed by atoms with Crippen molar-refractivity contribution in [1.82, 2.24) is 0 Å². The maximum atomic E-state index is 15.0. The van der Waals surface area contributed by atoms with Crippen molar-refractivity contribution in [3.05, 3.63) is 47.0 Å². The minimum absolute atomic E-state index is 0.0682. The number of esters is 2. The van der Waals surface area contributed by atoms with Gasteiger partial charge in [0.2, 0.25) is 11.6 Å². The van der Waals surface area contributed by atoms with Crippen molar-refractivity contribution >= 4 is 31.8 Å². The molecule has 3 aliphatic carbocycles. The van der Waals surface area contributed by atoms with E-state index < -0.39 is 78.1 Å². The predicted octanol–water partition coefficient (Wildman–Crippen LogP) is 5.35. The maximum absolute atomic E-state index is 15.0. The highest BCUT2D eigenvalue weighted by Gasteiger charge is 2.78. The molecule has 9 nitrogen and oxygen atoms in total. The number of allylic oxidation sites excluding steroid dienone is 1. The smallest absolute Gasteiger partial charge is 0.338 e. The number of ketones is 2. The van der Waals surface area contributed by atoms with Gasteiger partial charge >= 0.3 is 11.9 Å². The van der Waals surface area contributed by atoms with E-state index in [1.165, 1.54) is 6.92 Å². The van der Waals surface area contributed by atoms with Gasteiger partial charge in [-0.05, 0) is 57.0 Å². The van der Waals surface area contributed by atoms with E-state index in [-0.39, 0.29) is 30.6 Å². The molecule has 0 amide bonds. The second-order valence-corrected chi connectivity index (χ2v) is 19.0. The summed E-state index contributed by atoms with van der Waals surface area (Å²) in [6, 6.07) is 10.9. The average molecular weight is 641 g/mol. The van der Waals surface area contributed by atoms with Crippen molar-refractivity contribution in [2.45, 2.75) is 122 Å². The number of hydrogen-bond acceptors (Lipinski definition) is 9. The Kier molecular flexibility index (Phi) is 8.64. The van der Waals surface area contributed by atoms with Gasteiger partial charge in [-0.3, -0.25) is 14.4 Å². The van der Waals surface area contributed by atoms with Crippen LogP contribution in [0.3, 0.4) is 0 Å². The van der Waals surface area contributed by atoms with Gasteiger partial charge in [-0.15, -0.1) is 0 Å². The molecule has 1 aliphatic heterocycles. The molecule has 246 valence electrons. The summed E-state index contributed by atoms with van der Waals surface area (Å²) >= 11 is 0. The van der Waals surface area contributed by atoms with Crippen molar-refractivity contribution in [1.29, 1.82) is 0 Å². The highest BCUT2D eigenvalue weighted by molar-refractivity contribution is 6.73. The summed E-state index contributed by atoms with van der Waals surface area (Å²) in [6.07, 6.45) is -2.13. The zero-order valence-corrected chi connectivity index (χ0v) is 28.9. The van der Waals surface area contributed by atoms with Crippen molar-refractivity contribution in [2.75, 3.05) is 6.61 Å². The van der Waals surface area contributed by atoms with Gasteiger partial charge in [0, 0.05) is 24.3 Å². The molecular weight excluding hydrogens is 592 g/mol. The van der Waals surface area contributed by atoms with E-state index in [0.717, 1.165) is 23.7 Å². The lowest BCUT2D eigenvalue weighted by atomic mass is 9.45. The van der Waals surface area contributed by atoms with Crippen LogP contribution in [0.2, 0.25) is 18.1 Å². The Hall–Kier alpha value is -2.66. The Labute approximate surface area is 267 Å². The van der Waals surface area contributed by atoms with E-state index in [4.69, 9.17) is 18.6 Å². The van der Waals surface area contributed by atoms with Gasteiger partial charge in [-0.25, -0.2) is 4.79 Å². The number of fused-ring (bicyclic) bond motifs is 5. The lowest BCUT2D eigenvalue weighted by Gasteiger charge is -2.67. The molecule has 1 saturated heterocycles. The molecule has 45 heavy (non-hydrogen) atoms. The molecule has 2 bridgehead atoms. The number of carbonyl (C=O) groups is 4. The number of hydrogen-bond donors (Lipinski definition) is 1. The third-order valence-electron chi connectivity index (χ3n) is 11.9. The number of benzene rings is 1. The first-order valence-electron chi connectivity index (χ1n) is 16.3. The van der Waals surface area contributed by atoms with Gasteiger partial charge in [0.1, 0.15) is 17.8 Å². The standard InChI is InChI=1S/C35H48O9Si/c1-9-45(10-2,11-3)44-24-19-25-34(20-41-25,43-22(5)36)28-30(42-31(39)23-15-13-12-14-16-23)35(40)18-17-21(4)26(32(35,6)7)27(37)29(38)33(24,28)8/h12-16,24-25,28,30,40H,9-11,17-20H2,1-8H3/t24-,25+,28?,30?,33?,34-,35+/m0/s1. The van der Waals surface area contributed by atoms with Crippen LogP contribution in [0.4, 0.5) is 0 Å². The first kappa shape index (κ1) is 33.7. The molecular formula is C35H48O9Si. The van der Waals surface area contributed by atoms with Crippen LogP contribution in [-0.4, -0.2) is 73.0 Å². The molecule has 0 aromatic heterocycles. The van der Waals surface area contributed by atoms with Gasteiger partial charge in [0.05, 0.1) is 29.6 Å². The van der Waals surface area contributed by atoms with Crippen LogP contribution in [-0.2, 0) is 33.0 Å². The van der Waals surface area contributed by atoms with Crippen molar-refractivity contribution < 1.29 is 42.9 Å². The summed E-state index contributed by atoms with van der Waals surface area (Å²) in [5.41, 5.74) is -4.91. The topological polar surface area (TPSA) is 125 Å². The van der Waals surface area contributed by atoms with Crippen LogP contribution in [0, 0.1) is 16.7 Å². The van der Waals surface area contributed by atoms with Gasteiger partial charge in [-0.1, -0.05) is 58.4 Å². The highest BCUT2D eigenvalue weighted by Crippen LogP contribution is 2.64. The second kappa shape index (κ2) is 11.5. The number of carbonyl (C=O) groups excluding carboxylic acids is 4. The fourth-order valence-electron chi connectivity index (χ4n) is 8.92. The summed E-state index contributed by atoms with van der Waals surface area (Å²) in [5, 5.41) is 13.0. The third-order valence-corrected chi connectivity index (χ3v) is 16.6. The largest absolute Gasteiger partial charge is 0.455 e. The molecule has 0 radical (unpaired) electrons. The maximum Gasteiger partial charge on any atom is 0.338 e. The monoisotopic (exact) mass is 640 g/mol. The van der Waals surface area contributed by atoms with Crippen LogP contribution in [0.25, 0.3) is 0 Å². The summed E-state index contributed by atoms with van der Waals surface area (Å²) in [5.74, 6) is -3.76. The van der Waals surface area contributed by atoms with Gasteiger partial charge in [0.15, 0.2) is 13.9 Å². The molecule has 1 aromatic rings. The number of rotatable bonds is 8. The van der Waals surface area contributed by atoms with Crippen LogP contribution >= 0.6 is 0 Å². The van der Waals surface area contributed by atoms with Crippen LogP contribution < -0.4 is 0 Å². The minimum atomic E-state index is -2.40. The molecule has 10 heteroatoms. The average Bonchev–Trinajstić information content (AvgIpc) is 3.00. The highest BCUT2D eigenvalue weighted by atomic mass is 28.4. The fraction of sp³-hybridized carbons (Fsp3) is 0.657. The molecule has 7 atom stereocenters. The number of ether oxygens (including phenoxy) is 3. The number of aliphatic hydroxyl groups is 1. The SMILES string of the molecule is CC[Si](CC)(CC)O[C@H]1C[C@H]2OC[C@@]2(OC(C)=O)C2C(OC(=O)c3ccccc3)[C@]3(O)CCC(C)=C(C(=O)C(=O)C21C)C3(C)C. The predicted molar refractivity (Wildman–Crippen MR) is 169 cm³/mol. The zero-order chi connectivity index (χ0) is 33.2. The van der Waals surface area contributed by atoms with Crippen molar-refractivity contribution in [3.63, 3.8) is 0 Å². The van der Waals surface area contributed by atoms with Crippen LogP contribution in [0.1, 0.15) is 85.0 Å². The fourth-order valence-corrected chi connectivity index (χ4v) is 11.9. The van der Waals surface area contributed by atoms with Gasteiger partial charge in [-0.2, -0.15) is 0 Å². The lowest BCUT2D eigenvalue weighted by molar-refractivity contribution is -0.341. The van der Waals surface area contributed by atoms with Crippen LogP contribution in [0.5, 0.6) is 0 Å². The molecule has 5 rings (SSSR count). The number of Topliss-reactive ketones (excluding diaryl/α,β-unsaturated/α-hetero) is 2. The van der Waals surface area contributed by atoms with E-state index in [1.807, 2.05) is 6.92 Å². The second-order valence-electron chi connectivity index (χ2n) is 14.2. The molecule has 1 aromatic carbocycles. The molecule has 0 spiro atoms. The summed E-state index contributed by atoms with van der Waals surface area (Å²) in [7, 11) is -2.40. The van der Waals surface area contributed by atoms with E-state index in [9.17, 15) is 19.5 Å². The van der Waals surface area contributed by atoms with E-state index >= 15 is 4.79 Å². The van der Waals surface area contributed by atoms with Crippen molar-refractivity contribution in [3.8, 4) is 0 Å². The molecule has 4 aliphatic rings. The Bertz CT molecular complexity index is 1410. The van der Waals surface area contributed by atoms with Crippen molar-refractivity contribution in [2.24, 2.45) is 16.7 Å². The van der Waals surface area contributed by atoms with E-state index in [2.05, 4.69) is 20.8 Å². The summed E-state index contributed by atoms with van der Waals surface area (Å²) in [4.78, 5) is 56.3. The Morgan fingerprint density at radius 2 is 1.67 bits per heavy atom. The van der Waals surface area contributed by atoms with Crippen LogP contribution in [0.15, 0.2) is 41.5 Å². The molecule has 2 saturated carbocycles. The first-order valence-corrected chi connectivity index (χ1v) is 18.9. The molecule has 3 unspecified atom stereocenters. The van der Waals surface area contributed by atoms with Gasteiger partial charge in [0.25, 0.3) is 0 Å². The first-order chi connectivity index (χ1) is 21.1. The Morgan fingerprint density at radius 3 is 2.20 bits per heavy atom. The molecule has 1 N–H and O–H groups in total. The summed E-state index contributed by atoms with van der Waals surface area (Å²) in [6.45, 7) is 14.5. The Balaban J connectivity index is 1.82. The summed E-state index contributed by atoms with van der Waals surface area (Å²) < 4.78 is 25.8. The zero-order valence-electron chi connectivity index (χ0n) is 27.9. The molecule has 3 fully saturated rings. The minimum Gasteiger partial charge on any atom is -0.455 e. The molecule has 1 heterocycles. The Morgan fingerprint density at radius 1 is 1.04 bits per heavy atom. The van der Waals surface area contributed by atoms with Gasteiger partial charge < -0.3 is 23.7 Å². The quantitative estimate of drug-likeness (QED) is 0.227. The van der Waals surface area contributed by atoms with E-state index in [0.29, 0.717) is 6.42 Å².